The Morgan fingerprint density at radius 2 is 1.63 bits per heavy atom. The lowest BCUT2D eigenvalue weighted by Crippen LogP contribution is -2.43. The quantitative estimate of drug-likeness (QED) is 0.429. The average Bonchev–Trinajstić information content (AvgIpc) is 2.62. The second-order valence-corrected chi connectivity index (χ2v) is 4.61. The van der Waals surface area contributed by atoms with Gasteiger partial charge in [-0.15, -0.1) is 0 Å². The monoisotopic (exact) mass is 253 g/mol. The molecule has 0 aliphatic carbocycles. The van der Waals surface area contributed by atoms with Gasteiger partial charge in [-0.1, -0.05) is 42.5 Å². The molecule has 19 heavy (non-hydrogen) atoms. The molecule has 4 nitrogen and oxygen atoms in total. The third-order valence-corrected chi connectivity index (χ3v) is 3.48. The van der Waals surface area contributed by atoms with Crippen molar-refractivity contribution in [1.82, 2.24) is 5.43 Å². The van der Waals surface area contributed by atoms with E-state index in [0.717, 1.165) is 23.2 Å². The summed E-state index contributed by atoms with van der Waals surface area (Å²) >= 11 is 0. The van der Waals surface area contributed by atoms with Crippen molar-refractivity contribution in [3.8, 4) is 0 Å². The zero-order chi connectivity index (χ0) is 13.2. The maximum atomic E-state index is 12.0. The number of nitrogens with one attached hydrogen (secondary N) is 1. The number of hydrogen-bond donors (Lipinski definition) is 2. The van der Waals surface area contributed by atoms with Crippen LogP contribution >= 0.6 is 0 Å². The zero-order valence-electron chi connectivity index (χ0n) is 10.5. The van der Waals surface area contributed by atoms with Crippen LogP contribution in [0.4, 0.5) is 10.5 Å². The highest BCUT2D eigenvalue weighted by Gasteiger charge is 2.22. The number of urea groups is 1. The standard InChI is InChI=1S/C15H15N3O/c16-17-15(19)18-10-13-7-2-1-5-11(13)9-12-6-3-4-8-14(12)18/h1-8H,9-10,16H2,(H,17,19). The van der Waals surface area contributed by atoms with Crippen LogP contribution in [0.5, 0.6) is 0 Å². The fourth-order valence-electron chi connectivity index (χ4n) is 2.53. The molecule has 0 radical (unpaired) electrons. The molecule has 4 heteroatoms. The van der Waals surface area contributed by atoms with Crippen molar-refractivity contribution in [3.05, 3.63) is 65.2 Å². The van der Waals surface area contributed by atoms with Crippen LogP contribution in [0, 0.1) is 0 Å². The third-order valence-electron chi connectivity index (χ3n) is 3.48. The smallest absolute Gasteiger partial charge is 0.289 e. The second kappa shape index (κ2) is 4.74. The van der Waals surface area contributed by atoms with Gasteiger partial charge in [0.25, 0.3) is 0 Å². The Balaban J connectivity index is 2.14. The first-order valence-corrected chi connectivity index (χ1v) is 6.22. The number of carbonyl (C=O) groups is 1. The summed E-state index contributed by atoms with van der Waals surface area (Å²) in [5, 5.41) is 0. The lowest BCUT2D eigenvalue weighted by atomic mass is 10.0. The first kappa shape index (κ1) is 11.7. The lowest BCUT2D eigenvalue weighted by Gasteiger charge is -2.22. The summed E-state index contributed by atoms with van der Waals surface area (Å²) in [6.45, 7) is 0.538. The van der Waals surface area contributed by atoms with Gasteiger partial charge in [-0.2, -0.15) is 0 Å². The van der Waals surface area contributed by atoms with Crippen LogP contribution in [0.15, 0.2) is 48.5 Å². The molecule has 0 aromatic heterocycles. The van der Waals surface area contributed by atoms with Crippen LogP contribution in [0.1, 0.15) is 16.7 Å². The Bertz CT molecular complexity index is 624. The first-order valence-electron chi connectivity index (χ1n) is 6.22. The van der Waals surface area contributed by atoms with Gasteiger partial charge < -0.3 is 0 Å². The third kappa shape index (κ3) is 2.06. The summed E-state index contributed by atoms with van der Waals surface area (Å²) in [6, 6.07) is 15.8. The fourth-order valence-corrected chi connectivity index (χ4v) is 2.53. The molecule has 0 unspecified atom stereocenters. The second-order valence-electron chi connectivity index (χ2n) is 4.61. The molecule has 3 N–H and O–H groups in total. The van der Waals surface area contributed by atoms with Crippen LogP contribution in [-0.4, -0.2) is 6.03 Å². The molecule has 2 amide bonds. The molecular weight excluding hydrogens is 238 g/mol. The van der Waals surface area contributed by atoms with E-state index < -0.39 is 0 Å². The van der Waals surface area contributed by atoms with Crippen molar-refractivity contribution < 1.29 is 4.79 Å². The van der Waals surface area contributed by atoms with Crippen molar-refractivity contribution in [3.63, 3.8) is 0 Å². The molecule has 1 aliphatic heterocycles. The van der Waals surface area contributed by atoms with E-state index in [1.807, 2.05) is 36.4 Å². The van der Waals surface area contributed by atoms with Crippen molar-refractivity contribution in [1.29, 1.82) is 0 Å². The van der Waals surface area contributed by atoms with Gasteiger partial charge in [-0.3, -0.25) is 10.3 Å². The molecule has 2 aromatic carbocycles. The minimum Gasteiger partial charge on any atom is -0.289 e. The van der Waals surface area contributed by atoms with Crippen LogP contribution in [-0.2, 0) is 13.0 Å². The maximum Gasteiger partial charge on any atom is 0.336 e. The summed E-state index contributed by atoms with van der Waals surface area (Å²) in [6.07, 6.45) is 0.834. The summed E-state index contributed by atoms with van der Waals surface area (Å²) in [5.74, 6) is 5.29. The van der Waals surface area contributed by atoms with Crippen LogP contribution in [0.3, 0.4) is 0 Å². The van der Waals surface area contributed by atoms with E-state index >= 15 is 0 Å². The van der Waals surface area contributed by atoms with Crippen LogP contribution in [0.2, 0.25) is 0 Å². The number of para-hydroxylation sites is 1. The lowest BCUT2D eigenvalue weighted by molar-refractivity contribution is 0.246. The van der Waals surface area contributed by atoms with Gasteiger partial charge in [0.05, 0.1) is 6.54 Å². The molecule has 0 bridgehead atoms. The van der Waals surface area contributed by atoms with Crippen LogP contribution < -0.4 is 16.2 Å². The zero-order valence-corrected chi connectivity index (χ0v) is 10.5. The Morgan fingerprint density at radius 1 is 1.00 bits per heavy atom. The minimum absolute atomic E-state index is 0.288. The number of rotatable bonds is 0. The van der Waals surface area contributed by atoms with Gasteiger partial charge in [0, 0.05) is 5.69 Å². The van der Waals surface area contributed by atoms with Crippen molar-refractivity contribution in [2.45, 2.75) is 13.0 Å². The molecule has 1 aliphatic rings. The molecule has 0 saturated carbocycles. The predicted molar refractivity (Wildman–Crippen MR) is 74.6 cm³/mol. The molecule has 0 saturated heterocycles. The van der Waals surface area contributed by atoms with E-state index in [1.165, 1.54) is 5.56 Å². The molecule has 0 atom stereocenters. The van der Waals surface area contributed by atoms with Crippen molar-refractivity contribution in [2.24, 2.45) is 5.84 Å². The van der Waals surface area contributed by atoms with E-state index in [9.17, 15) is 4.79 Å². The number of nitrogens with zero attached hydrogens (tertiary/aromatic N) is 1. The van der Waals surface area contributed by atoms with E-state index in [-0.39, 0.29) is 6.03 Å². The number of hydrogen-bond acceptors (Lipinski definition) is 2. The highest BCUT2D eigenvalue weighted by molar-refractivity contribution is 5.92. The Labute approximate surface area is 111 Å². The SMILES string of the molecule is NNC(=O)N1Cc2ccccc2Cc2ccccc21. The molecule has 96 valence electrons. The number of nitrogens with two attached hydrogens (primary N) is 1. The summed E-state index contributed by atoms with van der Waals surface area (Å²) < 4.78 is 0. The minimum atomic E-state index is -0.288. The average molecular weight is 253 g/mol. The number of hydrazine groups is 1. The van der Waals surface area contributed by atoms with Crippen molar-refractivity contribution >= 4 is 11.7 Å². The summed E-state index contributed by atoms with van der Waals surface area (Å²) in [4.78, 5) is 13.7. The fraction of sp³-hybridized carbons (Fsp3) is 0.133. The van der Waals surface area contributed by atoms with E-state index in [4.69, 9.17) is 5.84 Å². The van der Waals surface area contributed by atoms with Crippen molar-refractivity contribution in [2.75, 3.05) is 4.90 Å². The number of carbonyl (C=O) groups excluding carboxylic acids is 1. The van der Waals surface area contributed by atoms with E-state index in [2.05, 4.69) is 17.6 Å². The van der Waals surface area contributed by atoms with E-state index in [0.29, 0.717) is 6.54 Å². The number of anilines is 1. The van der Waals surface area contributed by atoms with Gasteiger partial charge in [0.15, 0.2) is 0 Å². The largest absolute Gasteiger partial charge is 0.336 e. The topological polar surface area (TPSA) is 58.4 Å². The summed E-state index contributed by atoms with van der Waals surface area (Å²) in [7, 11) is 0. The predicted octanol–water partition coefficient (Wildman–Crippen LogP) is 2.18. The number of amides is 2. The normalized spacial score (nSPS) is 13.2. The molecule has 0 fully saturated rings. The Kier molecular flexibility index (Phi) is 2.93. The van der Waals surface area contributed by atoms with Gasteiger partial charge in [-0.25, -0.2) is 10.6 Å². The van der Waals surface area contributed by atoms with E-state index in [1.54, 1.807) is 4.90 Å². The first-order chi connectivity index (χ1) is 9.29. The van der Waals surface area contributed by atoms with Gasteiger partial charge in [0.2, 0.25) is 0 Å². The Hall–Kier alpha value is -2.33. The summed E-state index contributed by atoms with van der Waals surface area (Å²) in [5.41, 5.74) is 6.68. The molecule has 3 rings (SSSR count). The van der Waals surface area contributed by atoms with Gasteiger partial charge >= 0.3 is 6.03 Å². The molecule has 0 spiro atoms. The maximum absolute atomic E-state index is 12.0. The van der Waals surface area contributed by atoms with Gasteiger partial charge in [0.1, 0.15) is 0 Å². The highest BCUT2D eigenvalue weighted by Crippen LogP contribution is 2.30. The molecule has 2 aromatic rings. The molecular formula is C15H15N3O. The van der Waals surface area contributed by atoms with Crippen LogP contribution in [0.25, 0.3) is 0 Å². The number of fused-ring (bicyclic) bond motifs is 2. The number of benzene rings is 2. The van der Waals surface area contributed by atoms with Gasteiger partial charge in [-0.05, 0) is 29.2 Å². The highest BCUT2D eigenvalue weighted by atomic mass is 16.2. The Morgan fingerprint density at radius 3 is 2.37 bits per heavy atom. The molecule has 1 heterocycles.